The summed E-state index contributed by atoms with van der Waals surface area (Å²) in [4.78, 5) is 0. The molecule has 0 saturated heterocycles. The standard InChI is InChI=1S/C36H60BrF3O4SSi/c1-30(2,3)46(11,12)44-28-18-20-33(8)26(32(28,6)7)17-22-34(9)27(33)13-14-29(43-45(41,42)36(38,39)40)35(34,10)21-16-24-15-19-31(4,5)23-25(24)37/h14,26-28H,13,15-23H2,1-12H3/t26-,27+,28-,33-,34+,35-/m0/s1. The van der Waals surface area contributed by atoms with E-state index < -0.39 is 34.8 Å². The largest absolute Gasteiger partial charge is 0.534 e. The third-order valence-electron chi connectivity index (χ3n) is 14.1. The minimum atomic E-state index is -5.80. The van der Waals surface area contributed by atoms with Gasteiger partial charge < -0.3 is 8.61 Å². The zero-order valence-corrected chi connectivity index (χ0v) is 33.8. The molecule has 46 heavy (non-hydrogen) atoms. The first-order valence-corrected chi connectivity index (χ1v) is 22.4. The van der Waals surface area contributed by atoms with Crippen LogP contribution in [0.2, 0.25) is 18.1 Å². The van der Waals surface area contributed by atoms with Crippen LogP contribution in [0.1, 0.15) is 133 Å². The maximum Gasteiger partial charge on any atom is 0.534 e. The first-order valence-electron chi connectivity index (χ1n) is 17.3. The van der Waals surface area contributed by atoms with E-state index in [1.165, 1.54) is 10.1 Å². The van der Waals surface area contributed by atoms with E-state index in [1.54, 1.807) is 6.08 Å². The Bertz CT molecular complexity index is 1360. The summed E-state index contributed by atoms with van der Waals surface area (Å²) >= 11 is 3.83. The van der Waals surface area contributed by atoms with Crippen LogP contribution in [0.4, 0.5) is 13.2 Å². The van der Waals surface area contributed by atoms with Gasteiger partial charge in [-0.3, -0.25) is 0 Å². The van der Waals surface area contributed by atoms with E-state index in [9.17, 15) is 21.6 Å². The Kier molecular flexibility index (Phi) is 9.94. The van der Waals surface area contributed by atoms with Crippen molar-refractivity contribution in [3.63, 3.8) is 0 Å². The lowest BCUT2D eigenvalue weighted by Gasteiger charge is -2.68. The molecule has 0 heterocycles. The molecule has 2 saturated carbocycles. The van der Waals surface area contributed by atoms with Crippen molar-refractivity contribution in [1.82, 2.24) is 0 Å². The zero-order chi connectivity index (χ0) is 35.2. The first-order chi connectivity index (χ1) is 20.5. The average molecular weight is 754 g/mol. The summed E-state index contributed by atoms with van der Waals surface area (Å²) < 4.78 is 79.5. The maximum atomic E-state index is 13.7. The molecule has 0 spiro atoms. The number of hydrogen-bond acceptors (Lipinski definition) is 4. The molecule has 6 atom stereocenters. The van der Waals surface area contributed by atoms with Crippen molar-refractivity contribution in [2.45, 2.75) is 163 Å². The Labute approximate surface area is 287 Å². The quantitative estimate of drug-likeness (QED) is 0.148. The van der Waals surface area contributed by atoms with Gasteiger partial charge in [0.25, 0.3) is 0 Å². The summed E-state index contributed by atoms with van der Waals surface area (Å²) in [7, 11) is -7.81. The van der Waals surface area contributed by atoms with Crippen molar-refractivity contribution >= 4 is 34.4 Å². The van der Waals surface area contributed by atoms with Gasteiger partial charge in [0.15, 0.2) is 8.32 Å². The molecule has 2 fully saturated rings. The van der Waals surface area contributed by atoms with Crippen molar-refractivity contribution in [2.75, 3.05) is 0 Å². The van der Waals surface area contributed by atoms with Crippen LogP contribution >= 0.6 is 15.9 Å². The number of rotatable bonds is 7. The minimum absolute atomic E-state index is 0.0207. The van der Waals surface area contributed by atoms with Crippen molar-refractivity contribution < 1.29 is 30.2 Å². The minimum Gasteiger partial charge on any atom is -0.413 e. The SMILES string of the molecule is CC1(C)CCC(CC[C@@]2(C)C(OS(=O)(=O)C(F)(F)F)=CC[C@@H]3[C@@]4(C)CC[C@H](O[Si](C)(C)C(C)(C)C)C(C)(C)[C@@H]4CC[C@]32C)=C(Br)C1. The smallest absolute Gasteiger partial charge is 0.413 e. The Morgan fingerprint density at radius 1 is 0.957 bits per heavy atom. The summed E-state index contributed by atoms with van der Waals surface area (Å²) in [6, 6.07) is 0. The van der Waals surface area contributed by atoms with Crippen molar-refractivity contribution in [1.29, 1.82) is 0 Å². The Hall–Kier alpha value is -0.323. The Morgan fingerprint density at radius 2 is 1.57 bits per heavy atom. The molecule has 0 bridgehead atoms. The second kappa shape index (κ2) is 11.9. The number of alkyl halides is 3. The van der Waals surface area contributed by atoms with Gasteiger partial charge in [-0.1, -0.05) is 90.7 Å². The Morgan fingerprint density at radius 3 is 2.11 bits per heavy atom. The molecule has 10 heteroatoms. The van der Waals surface area contributed by atoms with E-state index >= 15 is 0 Å². The van der Waals surface area contributed by atoms with Crippen LogP contribution in [0.15, 0.2) is 21.9 Å². The third kappa shape index (κ3) is 6.49. The monoisotopic (exact) mass is 752 g/mol. The number of fused-ring (bicyclic) bond motifs is 3. The predicted molar refractivity (Wildman–Crippen MR) is 187 cm³/mol. The van der Waals surface area contributed by atoms with Crippen molar-refractivity contribution in [3.8, 4) is 0 Å². The molecule has 0 radical (unpaired) electrons. The third-order valence-corrected chi connectivity index (χ3v) is 20.4. The number of allylic oxidation sites excluding steroid dienone is 4. The van der Waals surface area contributed by atoms with Crippen LogP contribution in [0.5, 0.6) is 0 Å². The van der Waals surface area contributed by atoms with Crippen LogP contribution < -0.4 is 0 Å². The molecule has 0 aromatic carbocycles. The molecule has 0 aromatic rings. The number of hydrogen-bond donors (Lipinski definition) is 0. The molecule has 0 aliphatic heterocycles. The zero-order valence-electron chi connectivity index (χ0n) is 30.4. The molecule has 4 aliphatic carbocycles. The van der Waals surface area contributed by atoms with Gasteiger partial charge >= 0.3 is 15.6 Å². The van der Waals surface area contributed by atoms with Gasteiger partial charge in [-0.2, -0.15) is 21.6 Å². The van der Waals surface area contributed by atoms with Crippen molar-refractivity contribution in [2.24, 2.45) is 38.9 Å². The fourth-order valence-corrected chi connectivity index (χ4v) is 13.0. The lowest BCUT2D eigenvalue weighted by atomic mass is 9.37. The lowest BCUT2D eigenvalue weighted by Crippen LogP contribution is -2.64. The second-order valence-corrected chi connectivity index (χ2v) is 26.0. The van der Waals surface area contributed by atoms with Gasteiger partial charge in [-0.15, -0.1) is 0 Å². The van der Waals surface area contributed by atoms with E-state index in [0.29, 0.717) is 25.2 Å². The van der Waals surface area contributed by atoms with Crippen LogP contribution in [0, 0.1) is 38.9 Å². The molecule has 0 unspecified atom stereocenters. The molecule has 0 N–H and O–H groups in total. The summed E-state index contributed by atoms with van der Waals surface area (Å²) in [5.74, 6) is 0.520. The van der Waals surface area contributed by atoms with Gasteiger partial charge in [0.2, 0.25) is 0 Å². The highest BCUT2D eigenvalue weighted by molar-refractivity contribution is 9.11. The summed E-state index contributed by atoms with van der Waals surface area (Å²) in [5.41, 5.74) is -5.51. The van der Waals surface area contributed by atoms with Gasteiger partial charge in [0.1, 0.15) is 5.76 Å². The molecular weight excluding hydrogens is 693 g/mol. The normalized spacial score (nSPS) is 36.9. The predicted octanol–water partition coefficient (Wildman–Crippen LogP) is 12.0. The molecule has 4 rings (SSSR count). The van der Waals surface area contributed by atoms with Gasteiger partial charge in [0, 0.05) is 5.41 Å². The summed E-state index contributed by atoms with van der Waals surface area (Å²) in [6.07, 6.45) is 10.1. The second-order valence-electron chi connectivity index (χ2n) is 18.8. The summed E-state index contributed by atoms with van der Waals surface area (Å²) in [5, 5.41) is 0.108. The molecular formula is C36H60BrF3O4SSi. The van der Waals surface area contributed by atoms with Crippen LogP contribution in [-0.2, 0) is 18.7 Å². The van der Waals surface area contributed by atoms with Gasteiger partial charge in [0.05, 0.1) is 6.10 Å². The highest BCUT2D eigenvalue weighted by atomic mass is 79.9. The topological polar surface area (TPSA) is 52.6 Å². The molecule has 4 aliphatic rings. The van der Waals surface area contributed by atoms with Crippen LogP contribution in [0.25, 0.3) is 0 Å². The first kappa shape index (κ1) is 38.5. The highest BCUT2D eigenvalue weighted by Gasteiger charge is 2.67. The molecule has 266 valence electrons. The molecule has 0 amide bonds. The molecule has 0 aromatic heterocycles. The van der Waals surface area contributed by atoms with E-state index in [1.807, 2.05) is 6.92 Å². The van der Waals surface area contributed by atoms with E-state index in [2.05, 4.69) is 91.3 Å². The maximum absolute atomic E-state index is 13.7. The molecule has 4 nitrogen and oxygen atoms in total. The van der Waals surface area contributed by atoms with Crippen LogP contribution in [-0.4, -0.2) is 28.3 Å². The summed E-state index contributed by atoms with van der Waals surface area (Å²) in [6.45, 7) is 27.3. The van der Waals surface area contributed by atoms with Crippen LogP contribution in [0.3, 0.4) is 0 Å². The fourth-order valence-electron chi connectivity index (χ4n) is 9.81. The van der Waals surface area contributed by atoms with Crippen molar-refractivity contribution in [3.05, 3.63) is 21.9 Å². The average Bonchev–Trinajstić information content (AvgIpc) is 2.86. The number of halogens is 4. The van der Waals surface area contributed by atoms with E-state index in [0.717, 1.165) is 44.9 Å². The van der Waals surface area contributed by atoms with E-state index in [4.69, 9.17) is 8.61 Å². The highest BCUT2D eigenvalue weighted by Crippen LogP contribution is 2.72. The van der Waals surface area contributed by atoms with Gasteiger partial charge in [-0.05, 0) is 126 Å². The fraction of sp³-hybridized carbons (Fsp3) is 0.889. The Balaban J connectivity index is 1.74. The lowest BCUT2D eigenvalue weighted by molar-refractivity contribution is -0.196. The van der Waals surface area contributed by atoms with Gasteiger partial charge in [-0.25, -0.2) is 0 Å². The van der Waals surface area contributed by atoms with E-state index in [-0.39, 0.29) is 39.1 Å².